The Labute approximate surface area is 179 Å². The Morgan fingerprint density at radius 1 is 1.03 bits per heavy atom. The van der Waals surface area contributed by atoms with Gasteiger partial charge in [0.25, 0.3) is 5.91 Å². The first kappa shape index (κ1) is 19.9. The predicted octanol–water partition coefficient (Wildman–Crippen LogP) is 5.54. The van der Waals surface area contributed by atoms with Gasteiger partial charge < -0.3 is 9.42 Å². The fourth-order valence-electron chi connectivity index (χ4n) is 3.22. The van der Waals surface area contributed by atoms with E-state index in [-0.39, 0.29) is 11.6 Å². The minimum absolute atomic E-state index is 0.209. The van der Waals surface area contributed by atoms with Gasteiger partial charge in [-0.2, -0.15) is 0 Å². The molecule has 2 aromatic carbocycles. The molecule has 0 aliphatic heterocycles. The molecule has 4 aromatic rings. The summed E-state index contributed by atoms with van der Waals surface area (Å²) in [6.45, 7) is 2.91. The van der Waals surface area contributed by atoms with Crippen molar-refractivity contribution < 1.29 is 9.32 Å². The van der Waals surface area contributed by atoms with Gasteiger partial charge in [0.05, 0.1) is 0 Å². The molecule has 0 unspecified atom stereocenters. The van der Waals surface area contributed by atoms with E-state index in [1.54, 1.807) is 35.5 Å². The van der Waals surface area contributed by atoms with Crippen molar-refractivity contribution >= 4 is 17.5 Å². The average molecular weight is 418 g/mol. The Balaban J connectivity index is 1.63. The molecule has 150 valence electrons. The van der Waals surface area contributed by atoms with Crippen LogP contribution in [0.25, 0.3) is 11.3 Å². The second kappa shape index (κ2) is 8.93. The van der Waals surface area contributed by atoms with Crippen molar-refractivity contribution in [3.05, 3.63) is 107 Å². The van der Waals surface area contributed by atoms with Crippen LogP contribution in [0.5, 0.6) is 0 Å². The molecule has 0 saturated carbocycles. The van der Waals surface area contributed by atoms with Crippen LogP contribution in [0.1, 0.15) is 27.2 Å². The van der Waals surface area contributed by atoms with Crippen LogP contribution in [0.15, 0.2) is 83.6 Å². The monoisotopic (exact) mass is 417 g/mol. The van der Waals surface area contributed by atoms with Crippen LogP contribution in [0, 0.1) is 6.92 Å². The van der Waals surface area contributed by atoms with E-state index in [0.717, 1.165) is 22.3 Å². The Morgan fingerprint density at radius 2 is 1.90 bits per heavy atom. The summed E-state index contributed by atoms with van der Waals surface area (Å²) in [6.07, 6.45) is 3.48. The van der Waals surface area contributed by atoms with E-state index in [1.807, 2.05) is 55.5 Å². The summed E-state index contributed by atoms with van der Waals surface area (Å²) < 4.78 is 5.43. The Bertz CT molecular complexity index is 1160. The van der Waals surface area contributed by atoms with Crippen LogP contribution in [0.2, 0.25) is 5.02 Å². The van der Waals surface area contributed by atoms with Crippen LogP contribution < -0.4 is 0 Å². The third-order valence-electron chi connectivity index (χ3n) is 4.84. The average Bonchev–Trinajstić information content (AvgIpc) is 3.25. The molecule has 0 radical (unpaired) electrons. The second-order valence-corrected chi connectivity index (χ2v) is 7.47. The lowest BCUT2D eigenvalue weighted by atomic mass is 10.1. The van der Waals surface area contributed by atoms with E-state index >= 15 is 0 Å². The second-order valence-electron chi connectivity index (χ2n) is 7.04. The molecule has 0 spiro atoms. The molecule has 1 amide bonds. The summed E-state index contributed by atoms with van der Waals surface area (Å²) in [7, 11) is 0. The predicted molar refractivity (Wildman–Crippen MR) is 116 cm³/mol. The maximum atomic E-state index is 13.3. The number of halogens is 1. The fraction of sp³-hybridized carbons (Fsp3) is 0.125. The zero-order valence-electron chi connectivity index (χ0n) is 16.5. The van der Waals surface area contributed by atoms with Crippen molar-refractivity contribution in [1.82, 2.24) is 15.0 Å². The largest absolute Gasteiger partial charge is 0.355 e. The van der Waals surface area contributed by atoms with Gasteiger partial charge in [0.1, 0.15) is 0 Å². The van der Waals surface area contributed by atoms with Gasteiger partial charge >= 0.3 is 0 Å². The van der Waals surface area contributed by atoms with Gasteiger partial charge in [-0.1, -0.05) is 59.2 Å². The van der Waals surface area contributed by atoms with Crippen molar-refractivity contribution in [2.24, 2.45) is 0 Å². The third-order valence-corrected chi connectivity index (χ3v) is 5.08. The summed E-state index contributed by atoms with van der Waals surface area (Å²) in [5, 5.41) is 4.62. The first-order valence-electron chi connectivity index (χ1n) is 9.55. The van der Waals surface area contributed by atoms with Crippen molar-refractivity contribution in [1.29, 1.82) is 0 Å². The fourth-order valence-corrected chi connectivity index (χ4v) is 3.41. The highest BCUT2D eigenvalue weighted by Gasteiger charge is 2.22. The number of carbonyl (C=O) groups is 1. The minimum Gasteiger partial charge on any atom is -0.355 e. The molecule has 2 heterocycles. The van der Waals surface area contributed by atoms with Gasteiger partial charge in [-0.15, -0.1) is 0 Å². The highest BCUT2D eigenvalue weighted by molar-refractivity contribution is 6.30. The van der Waals surface area contributed by atoms with E-state index in [2.05, 4.69) is 10.1 Å². The highest BCUT2D eigenvalue weighted by Crippen LogP contribution is 2.24. The van der Waals surface area contributed by atoms with E-state index in [4.69, 9.17) is 16.1 Å². The molecule has 2 aromatic heterocycles. The van der Waals surface area contributed by atoms with Crippen LogP contribution in [-0.2, 0) is 13.1 Å². The normalized spacial score (nSPS) is 10.7. The van der Waals surface area contributed by atoms with Gasteiger partial charge in [0, 0.05) is 42.1 Å². The minimum atomic E-state index is -0.209. The van der Waals surface area contributed by atoms with E-state index in [0.29, 0.717) is 23.9 Å². The van der Waals surface area contributed by atoms with Crippen LogP contribution >= 0.6 is 11.6 Å². The number of aromatic nitrogens is 2. The number of aryl methyl sites for hydroxylation is 1. The number of pyridine rings is 1. The van der Waals surface area contributed by atoms with Gasteiger partial charge in [-0.25, -0.2) is 0 Å². The molecule has 5 nitrogen and oxygen atoms in total. The van der Waals surface area contributed by atoms with Gasteiger partial charge in [-0.05, 0) is 41.8 Å². The summed E-state index contributed by atoms with van der Waals surface area (Å²) in [5.74, 6) is 0.289. The summed E-state index contributed by atoms with van der Waals surface area (Å²) in [4.78, 5) is 19.2. The molecular weight excluding hydrogens is 398 g/mol. The van der Waals surface area contributed by atoms with E-state index in [9.17, 15) is 4.79 Å². The smallest absolute Gasteiger partial charge is 0.276 e. The first-order chi connectivity index (χ1) is 14.6. The molecule has 0 atom stereocenters. The first-order valence-corrected chi connectivity index (χ1v) is 9.93. The van der Waals surface area contributed by atoms with Crippen molar-refractivity contribution in [3.8, 4) is 11.3 Å². The number of rotatable bonds is 6. The lowest BCUT2D eigenvalue weighted by Crippen LogP contribution is -2.30. The molecule has 4 rings (SSSR count). The third kappa shape index (κ3) is 4.58. The Kier molecular flexibility index (Phi) is 5.91. The van der Waals surface area contributed by atoms with Gasteiger partial charge in [0.2, 0.25) is 0 Å². The van der Waals surface area contributed by atoms with Crippen LogP contribution in [0.4, 0.5) is 0 Å². The summed E-state index contributed by atoms with van der Waals surface area (Å²) >= 11 is 6.07. The van der Waals surface area contributed by atoms with Crippen LogP contribution in [-0.4, -0.2) is 20.9 Å². The molecule has 6 heteroatoms. The standard InChI is InChI=1S/C24H20ClN3O2/c1-17-6-2-3-8-20(17)16-28(15-18-7-5-11-26-14-18)24(29)22-13-23(30-27-22)19-9-4-10-21(25)12-19/h2-14H,15-16H2,1H3. The number of hydrogen-bond acceptors (Lipinski definition) is 4. The number of carbonyl (C=O) groups excluding carboxylic acids is 1. The molecular formula is C24H20ClN3O2. The van der Waals surface area contributed by atoms with Crippen molar-refractivity contribution in [2.75, 3.05) is 0 Å². The quantitative estimate of drug-likeness (QED) is 0.413. The van der Waals surface area contributed by atoms with Crippen molar-refractivity contribution in [3.63, 3.8) is 0 Å². The van der Waals surface area contributed by atoms with E-state index in [1.165, 1.54) is 0 Å². The number of amides is 1. The van der Waals surface area contributed by atoms with Gasteiger partial charge in [-0.3, -0.25) is 9.78 Å². The topological polar surface area (TPSA) is 59.2 Å². The van der Waals surface area contributed by atoms with E-state index < -0.39 is 0 Å². The SMILES string of the molecule is Cc1ccccc1CN(Cc1cccnc1)C(=O)c1cc(-c2cccc(Cl)c2)on1. The lowest BCUT2D eigenvalue weighted by molar-refractivity contribution is 0.0719. The molecule has 0 bridgehead atoms. The Hall–Kier alpha value is -3.44. The van der Waals surface area contributed by atoms with Crippen molar-refractivity contribution in [2.45, 2.75) is 20.0 Å². The number of nitrogens with zero attached hydrogens (tertiary/aromatic N) is 3. The lowest BCUT2D eigenvalue weighted by Gasteiger charge is -2.22. The molecule has 0 aliphatic rings. The molecule has 0 saturated heterocycles. The highest BCUT2D eigenvalue weighted by atomic mass is 35.5. The zero-order valence-corrected chi connectivity index (χ0v) is 17.2. The molecule has 0 fully saturated rings. The van der Waals surface area contributed by atoms with Crippen LogP contribution in [0.3, 0.4) is 0 Å². The molecule has 0 N–H and O–H groups in total. The molecule has 0 aliphatic carbocycles. The maximum absolute atomic E-state index is 13.3. The summed E-state index contributed by atoms with van der Waals surface area (Å²) in [5.41, 5.74) is 4.17. The van der Waals surface area contributed by atoms with Gasteiger partial charge in [0.15, 0.2) is 11.5 Å². The Morgan fingerprint density at radius 3 is 2.67 bits per heavy atom. The maximum Gasteiger partial charge on any atom is 0.276 e. The molecule has 30 heavy (non-hydrogen) atoms. The summed E-state index contributed by atoms with van der Waals surface area (Å²) in [6, 6.07) is 20.7. The number of hydrogen-bond donors (Lipinski definition) is 0. The number of benzene rings is 2. The zero-order chi connectivity index (χ0) is 20.9.